The Morgan fingerprint density at radius 2 is 0.766 bits per heavy atom. The maximum atomic E-state index is 15.0. The Morgan fingerprint density at radius 1 is 0.375 bits per heavy atom. The van der Waals surface area contributed by atoms with Gasteiger partial charge in [0.1, 0.15) is 11.6 Å². The molecule has 9 aromatic carbocycles. The minimum absolute atomic E-state index is 0.281. The van der Waals surface area contributed by atoms with Gasteiger partial charge in [-0.3, -0.25) is 0 Å². The molecule has 0 unspecified atom stereocenters. The van der Waals surface area contributed by atoms with Crippen molar-refractivity contribution < 1.29 is 8.78 Å². The van der Waals surface area contributed by atoms with Crippen molar-refractivity contribution >= 4 is 107 Å². The van der Waals surface area contributed by atoms with Gasteiger partial charge in [-0.1, -0.05) is 123 Å². The molecule has 0 saturated heterocycles. The zero-order chi connectivity index (χ0) is 42.8. The van der Waals surface area contributed by atoms with Gasteiger partial charge in [-0.15, -0.1) is 22.7 Å². The number of thiophene rings is 2. The molecule has 6 heteroatoms. The third kappa shape index (κ3) is 5.21. The number of hydrogen-bond donors (Lipinski definition) is 0. The number of halogens is 2. The number of fused-ring (bicyclic) bond motifs is 14. The lowest BCUT2D eigenvalue weighted by molar-refractivity contribution is 0.627. The smallest absolute Gasteiger partial charge is 0.123 e. The summed E-state index contributed by atoms with van der Waals surface area (Å²) < 4.78 is 40.1. The maximum absolute atomic E-state index is 15.0. The van der Waals surface area contributed by atoms with Gasteiger partial charge < -0.3 is 9.13 Å². The quantitative estimate of drug-likeness (QED) is 0.158. The van der Waals surface area contributed by atoms with E-state index in [0.717, 1.165) is 66.8 Å². The van der Waals surface area contributed by atoms with Gasteiger partial charge in [0.05, 0.1) is 33.4 Å². The molecule has 0 fully saturated rings. The number of aromatic nitrogens is 2. The van der Waals surface area contributed by atoms with Gasteiger partial charge in [-0.25, -0.2) is 8.78 Å². The van der Waals surface area contributed by atoms with Crippen LogP contribution in [0.1, 0.15) is 25.0 Å². The highest BCUT2D eigenvalue weighted by Crippen LogP contribution is 2.52. The molecule has 0 aliphatic rings. The predicted octanol–water partition coefficient (Wildman–Crippen LogP) is 17.4. The van der Waals surface area contributed by atoms with Crippen LogP contribution in [0.3, 0.4) is 0 Å². The Hall–Kier alpha value is -7.12. The van der Waals surface area contributed by atoms with E-state index >= 15 is 8.78 Å². The Bertz CT molecular complexity index is 3790. The monoisotopic (exact) mass is 864 g/mol. The fraction of sp³-hybridized carbons (Fsp3) is 0.0690. The van der Waals surface area contributed by atoms with E-state index in [4.69, 9.17) is 0 Å². The van der Waals surface area contributed by atoms with E-state index in [1.165, 1.54) is 61.9 Å². The van der Waals surface area contributed by atoms with Crippen LogP contribution in [0, 0.1) is 11.6 Å². The van der Waals surface area contributed by atoms with Crippen molar-refractivity contribution in [3.8, 4) is 33.6 Å². The molecule has 13 aromatic rings. The summed E-state index contributed by atoms with van der Waals surface area (Å²) in [6.07, 6.45) is 1.34. The van der Waals surface area contributed by atoms with Gasteiger partial charge in [-0.05, 0) is 90.2 Å². The number of para-hydroxylation sites is 2. The summed E-state index contributed by atoms with van der Waals surface area (Å²) in [4.78, 5) is 0. The molecule has 2 nitrogen and oxygen atoms in total. The number of hydrogen-bond acceptors (Lipinski definition) is 2. The summed E-state index contributed by atoms with van der Waals surface area (Å²) >= 11 is 3.71. The van der Waals surface area contributed by atoms with E-state index in [1.807, 2.05) is 46.9 Å². The summed E-state index contributed by atoms with van der Waals surface area (Å²) in [5.74, 6) is -0.562. The van der Waals surface area contributed by atoms with Gasteiger partial charge in [-0.2, -0.15) is 0 Å². The first-order chi connectivity index (χ1) is 31.5. The van der Waals surface area contributed by atoms with Crippen molar-refractivity contribution in [2.75, 3.05) is 0 Å². The Morgan fingerprint density at radius 3 is 1.19 bits per heavy atom. The van der Waals surface area contributed by atoms with Crippen molar-refractivity contribution in [2.45, 2.75) is 26.7 Å². The molecule has 4 aromatic heterocycles. The van der Waals surface area contributed by atoms with Crippen LogP contribution in [-0.4, -0.2) is 9.13 Å². The van der Waals surface area contributed by atoms with Gasteiger partial charge in [0.2, 0.25) is 0 Å². The normalized spacial score (nSPS) is 12.2. The molecule has 0 saturated carbocycles. The van der Waals surface area contributed by atoms with Crippen LogP contribution in [0.5, 0.6) is 0 Å². The predicted molar refractivity (Wildman–Crippen MR) is 270 cm³/mol. The molecule has 0 atom stereocenters. The summed E-state index contributed by atoms with van der Waals surface area (Å²) in [6.45, 7) is 4.47. The van der Waals surface area contributed by atoms with Gasteiger partial charge in [0.15, 0.2) is 0 Å². The zero-order valence-electron chi connectivity index (χ0n) is 35.0. The molecule has 13 rings (SSSR count). The van der Waals surface area contributed by atoms with Gasteiger partial charge >= 0.3 is 0 Å². The third-order valence-corrected chi connectivity index (χ3v) is 15.8. The standard InChI is InChI=1S/C58H38F2N2S2/c1-3-37-51(33-21-25-35(59)26-22-33)55(61-45-17-9-5-15-43(45)53-47(61)31-29-41-39-13-7-11-19-49(39)63-57(41)53)38(4-2)56(52(37)34-23-27-36(60)28-24-34)62-46-18-10-6-16-44(46)54-48(62)32-30-42-40-14-8-12-20-50(40)64-58(42)54/h5-32H,3-4H2,1-2H3. The second kappa shape index (κ2) is 14.2. The van der Waals surface area contributed by atoms with Crippen molar-refractivity contribution in [1.29, 1.82) is 0 Å². The summed E-state index contributed by atoms with van der Waals surface area (Å²) in [5, 5.41) is 9.87. The molecule has 64 heavy (non-hydrogen) atoms. The van der Waals surface area contributed by atoms with Crippen molar-refractivity contribution in [2.24, 2.45) is 0 Å². The maximum Gasteiger partial charge on any atom is 0.123 e. The zero-order valence-corrected chi connectivity index (χ0v) is 36.7. The van der Waals surface area contributed by atoms with Crippen molar-refractivity contribution in [3.63, 3.8) is 0 Å². The highest BCUT2D eigenvalue weighted by Gasteiger charge is 2.31. The lowest BCUT2D eigenvalue weighted by Gasteiger charge is -2.29. The first kappa shape index (κ1) is 37.4. The summed E-state index contributed by atoms with van der Waals surface area (Å²) in [7, 11) is 0. The van der Waals surface area contributed by atoms with E-state index in [-0.39, 0.29) is 11.6 Å². The minimum atomic E-state index is -0.281. The average Bonchev–Trinajstić information content (AvgIpc) is 4.09. The molecule has 0 aliphatic heterocycles. The van der Waals surface area contributed by atoms with Crippen LogP contribution in [-0.2, 0) is 12.8 Å². The summed E-state index contributed by atoms with van der Waals surface area (Å²) in [6, 6.07) is 58.2. The Kier molecular flexibility index (Phi) is 8.30. The minimum Gasteiger partial charge on any atom is -0.308 e. The fourth-order valence-corrected chi connectivity index (χ4v) is 13.3. The van der Waals surface area contributed by atoms with E-state index in [2.05, 4.69) is 144 Å². The van der Waals surface area contributed by atoms with Crippen LogP contribution in [0.2, 0.25) is 0 Å². The molecule has 0 spiro atoms. The number of rotatable bonds is 6. The first-order valence-corrected chi connectivity index (χ1v) is 23.6. The molecular formula is C58H38F2N2S2. The Labute approximate surface area is 375 Å². The molecule has 306 valence electrons. The van der Waals surface area contributed by atoms with E-state index in [9.17, 15) is 0 Å². The van der Waals surface area contributed by atoms with Crippen molar-refractivity contribution in [1.82, 2.24) is 9.13 Å². The number of nitrogens with zero attached hydrogens (tertiary/aromatic N) is 2. The first-order valence-electron chi connectivity index (χ1n) is 21.9. The van der Waals surface area contributed by atoms with Crippen molar-refractivity contribution in [3.05, 3.63) is 193 Å². The largest absolute Gasteiger partial charge is 0.308 e. The molecule has 0 bridgehead atoms. The van der Waals surface area contributed by atoms with Crippen LogP contribution in [0.25, 0.3) is 118 Å². The molecular weight excluding hydrogens is 827 g/mol. The van der Waals surface area contributed by atoms with E-state index in [0.29, 0.717) is 12.8 Å². The SMILES string of the molecule is CCc1c(-c2ccc(F)cc2)c(-n2c3ccccc3c3c4sc5ccccc5c4ccc32)c(CC)c(-n2c3ccccc3c3c4sc5ccccc5c4ccc32)c1-c1ccc(F)cc1. The third-order valence-electron chi connectivity index (χ3n) is 13.4. The lowest BCUT2D eigenvalue weighted by Crippen LogP contribution is -2.13. The molecule has 0 aliphatic carbocycles. The second-order valence-corrected chi connectivity index (χ2v) is 18.8. The van der Waals surface area contributed by atoms with Gasteiger partial charge in [0.25, 0.3) is 0 Å². The lowest BCUT2D eigenvalue weighted by atomic mass is 9.83. The van der Waals surface area contributed by atoms with Crippen LogP contribution < -0.4 is 0 Å². The van der Waals surface area contributed by atoms with E-state index in [1.54, 1.807) is 24.3 Å². The number of benzene rings is 9. The Balaban J connectivity index is 1.28. The second-order valence-electron chi connectivity index (χ2n) is 16.7. The summed E-state index contributed by atoms with van der Waals surface area (Å²) in [5.41, 5.74) is 12.8. The van der Waals surface area contributed by atoms with E-state index < -0.39 is 0 Å². The topological polar surface area (TPSA) is 9.86 Å². The molecule has 0 amide bonds. The molecule has 0 radical (unpaired) electrons. The van der Waals surface area contributed by atoms with Crippen LogP contribution in [0.4, 0.5) is 8.78 Å². The van der Waals surface area contributed by atoms with Crippen LogP contribution >= 0.6 is 22.7 Å². The molecule has 0 N–H and O–H groups in total. The highest BCUT2D eigenvalue weighted by atomic mass is 32.1. The van der Waals surface area contributed by atoms with Crippen LogP contribution in [0.15, 0.2) is 170 Å². The fourth-order valence-electron chi connectivity index (χ4n) is 10.8. The molecule has 4 heterocycles. The highest BCUT2D eigenvalue weighted by molar-refractivity contribution is 7.27. The van der Waals surface area contributed by atoms with Gasteiger partial charge in [0, 0.05) is 78.6 Å². The average molecular weight is 865 g/mol.